The van der Waals surface area contributed by atoms with Crippen molar-refractivity contribution in [1.82, 2.24) is 4.67 Å². The molecule has 2 atom stereocenters. The molecule has 0 fully saturated rings. The van der Waals surface area contributed by atoms with E-state index in [-0.39, 0.29) is 17.8 Å². The highest BCUT2D eigenvalue weighted by molar-refractivity contribution is 7.50. The van der Waals surface area contributed by atoms with Crippen LogP contribution >= 0.6 is 7.75 Å². The van der Waals surface area contributed by atoms with Gasteiger partial charge in [0.25, 0.3) is 5.69 Å². The molecule has 1 rings (SSSR count). The summed E-state index contributed by atoms with van der Waals surface area (Å²) in [7, 11) is -4.17. The van der Waals surface area contributed by atoms with Gasteiger partial charge in [-0.3, -0.25) is 14.6 Å². The van der Waals surface area contributed by atoms with E-state index in [4.69, 9.17) is 4.52 Å². The van der Waals surface area contributed by atoms with E-state index >= 15 is 0 Å². The number of nitro benzene ring substituents is 1. The number of hydrogen-bond acceptors (Lipinski definition) is 4. The maximum Gasteiger partial charge on any atom is 0.406 e. The molecule has 0 amide bonds. The minimum Gasteiger partial charge on any atom is -0.312 e. The largest absolute Gasteiger partial charge is 0.406 e. The van der Waals surface area contributed by atoms with Crippen LogP contribution in [0.1, 0.15) is 162 Å². The van der Waals surface area contributed by atoms with Gasteiger partial charge in [-0.2, -0.15) is 0 Å². The molecule has 0 saturated carbocycles. The Balaban J connectivity index is 2.42. The first-order valence-electron chi connectivity index (χ1n) is 16.1. The first-order chi connectivity index (χ1) is 19.1. The standard InChI is InChI=1S/C32H59N2O5P/c1-6-7-8-9-10-11-12-13-14-15-16-17-18-19-20-21-22-27-32(30-25-23-24-26-31(30)34(35)36)39-40(37,38)33(28(2)3)29(4)5/h23-26,28-29,32H,6-22,27H2,1-5H3,(H,37,38). The second kappa shape index (κ2) is 21.4. The molecule has 8 heteroatoms. The molecule has 0 heterocycles. The zero-order chi connectivity index (χ0) is 29.8. The second-order valence-corrected chi connectivity index (χ2v) is 13.6. The van der Waals surface area contributed by atoms with Crippen molar-refractivity contribution in [3.05, 3.63) is 39.9 Å². The van der Waals surface area contributed by atoms with Crippen LogP contribution in [0.15, 0.2) is 24.3 Å². The fourth-order valence-electron chi connectivity index (χ4n) is 5.65. The van der Waals surface area contributed by atoms with E-state index < -0.39 is 18.8 Å². The number of benzene rings is 1. The number of nitrogens with zero attached hydrogens (tertiary/aromatic N) is 2. The summed E-state index contributed by atoms with van der Waals surface area (Å²) < 4.78 is 20.7. The summed E-state index contributed by atoms with van der Waals surface area (Å²) in [6, 6.07) is 6.00. The van der Waals surface area contributed by atoms with Crippen molar-refractivity contribution >= 4 is 13.4 Å². The number of unbranched alkanes of at least 4 members (excludes halogenated alkanes) is 16. The van der Waals surface area contributed by atoms with E-state index in [2.05, 4.69) is 6.92 Å². The number of hydrogen-bond donors (Lipinski definition) is 1. The molecule has 0 aliphatic heterocycles. The Bertz CT molecular complexity index is 840. The van der Waals surface area contributed by atoms with Crippen LogP contribution in [-0.2, 0) is 9.09 Å². The average molecular weight is 583 g/mol. The zero-order valence-electron chi connectivity index (χ0n) is 26.2. The molecule has 0 saturated heterocycles. The first kappa shape index (κ1) is 36.8. The molecule has 232 valence electrons. The van der Waals surface area contributed by atoms with Crippen LogP contribution in [0.2, 0.25) is 0 Å². The zero-order valence-corrected chi connectivity index (χ0v) is 27.1. The molecular formula is C32H59N2O5P. The number of nitro groups is 1. The molecule has 1 N–H and O–H groups in total. The lowest BCUT2D eigenvalue weighted by atomic mass is 10.00. The fraction of sp³-hybridized carbons (Fsp3) is 0.812. The minimum absolute atomic E-state index is 0.0693. The predicted octanol–water partition coefficient (Wildman–Crippen LogP) is 10.9. The summed E-state index contributed by atoms with van der Waals surface area (Å²) in [4.78, 5) is 22.2. The van der Waals surface area contributed by atoms with Crippen LogP contribution in [0.25, 0.3) is 0 Å². The quantitative estimate of drug-likeness (QED) is 0.0533. The Hall–Kier alpha value is -1.27. The van der Waals surface area contributed by atoms with Gasteiger partial charge in [-0.1, -0.05) is 128 Å². The highest BCUT2D eigenvalue weighted by atomic mass is 31.2. The lowest BCUT2D eigenvalue weighted by molar-refractivity contribution is -0.386. The Morgan fingerprint density at radius 3 is 1.57 bits per heavy atom. The van der Waals surface area contributed by atoms with Gasteiger partial charge in [-0.05, 0) is 40.2 Å². The average Bonchev–Trinajstić information content (AvgIpc) is 2.89. The third-order valence-corrected chi connectivity index (χ3v) is 9.70. The first-order valence-corrected chi connectivity index (χ1v) is 17.7. The highest BCUT2D eigenvalue weighted by Gasteiger charge is 2.38. The van der Waals surface area contributed by atoms with Gasteiger partial charge in [0.1, 0.15) is 6.10 Å². The molecule has 0 aliphatic rings. The normalized spacial score (nSPS) is 14.2. The van der Waals surface area contributed by atoms with Crippen LogP contribution in [0.5, 0.6) is 0 Å². The van der Waals surface area contributed by atoms with E-state index in [9.17, 15) is 19.6 Å². The number of rotatable bonds is 25. The van der Waals surface area contributed by atoms with Gasteiger partial charge in [0.15, 0.2) is 0 Å². The molecule has 0 bridgehead atoms. The van der Waals surface area contributed by atoms with Gasteiger partial charge in [0.2, 0.25) is 0 Å². The topological polar surface area (TPSA) is 92.9 Å². The van der Waals surface area contributed by atoms with Gasteiger partial charge in [0.05, 0.1) is 10.5 Å². The highest BCUT2D eigenvalue weighted by Crippen LogP contribution is 2.54. The Morgan fingerprint density at radius 2 is 1.18 bits per heavy atom. The Morgan fingerprint density at radius 1 is 0.775 bits per heavy atom. The summed E-state index contributed by atoms with van der Waals surface area (Å²) in [5, 5.41) is 11.7. The van der Waals surface area contributed by atoms with Crippen LogP contribution in [0, 0.1) is 10.1 Å². The summed E-state index contributed by atoms with van der Waals surface area (Å²) in [6.07, 6.45) is 21.3. The molecule has 0 aliphatic carbocycles. The van der Waals surface area contributed by atoms with Crippen molar-refractivity contribution in [3.63, 3.8) is 0 Å². The van der Waals surface area contributed by atoms with Gasteiger partial charge in [-0.15, -0.1) is 0 Å². The van der Waals surface area contributed by atoms with Gasteiger partial charge >= 0.3 is 7.75 Å². The molecule has 7 nitrogen and oxygen atoms in total. The number of para-hydroxylation sites is 1. The molecule has 0 radical (unpaired) electrons. The van der Waals surface area contributed by atoms with E-state index in [0.717, 1.165) is 19.3 Å². The van der Waals surface area contributed by atoms with Gasteiger partial charge < -0.3 is 4.89 Å². The van der Waals surface area contributed by atoms with E-state index in [1.807, 2.05) is 27.7 Å². The van der Waals surface area contributed by atoms with Crippen LogP contribution in [0.4, 0.5) is 5.69 Å². The van der Waals surface area contributed by atoms with Crippen LogP contribution in [-0.4, -0.2) is 26.6 Å². The predicted molar refractivity (Wildman–Crippen MR) is 168 cm³/mol. The van der Waals surface area contributed by atoms with Crippen molar-refractivity contribution < 1.29 is 18.9 Å². The maximum atomic E-state index is 13.3. The third-order valence-electron chi connectivity index (χ3n) is 7.66. The Kier molecular flexibility index (Phi) is 19.7. The van der Waals surface area contributed by atoms with E-state index in [1.54, 1.807) is 18.2 Å². The maximum absolute atomic E-state index is 13.3. The monoisotopic (exact) mass is 582 g/mol. The fourth-order valence-corrected chi connectivity index (χ4v) is 7.47. The van der Waals surface area contributed by atoms with Crippen LogP contribution < -0.4 is 0 Å². The van der Waals surface area contributed by atoms with Crippen molar-refractivity contribution in [2.24, 2.45) is 0 Å². The third kappa shape index (κ3) is 15.1. The van der Waals surface area contributed by atoms with Crippen molar-refractivity contribution in [1.29, 1.82) is 0 Å². The van der Waals surface area contributed by atoms with Crippen LogP contribution in [0.3, 0.4) is 0 Å². The summed E-state index contributed by atoms with van der Waals surface area (Å²) in [5.41, 5.74) is 0.297. The molecular weight excluding hydrogens is 523 g/mol. The minimum atomic E-state index is -4.17. The summed E-state index contributed by atoms with van der Waals surface area (Å²) in [5.74, 6) is 0. The smallest absolute Gasteiger partial charge is 0.312 e. The van der Waals surface area contributed by atoms with Crippen molar-refractivity contribution in [2.75, 3.05) is 0 Å². The summed E-state index contributed by atoms with van der Waals surface area (Å²) in [6.45, 7) is 9.67. The lowest BCUT2D eigenvalue weighted by Gasteiger charge is -2.35. The molecule has 1 aromatic carbocycles. The molecule has 0 spiro atoms. The van der Waals surface area contributed by atoms with Crippen molar-refractivity contribution in [2.45, 2.75) is 168 Å². The molecule has 1 aromatic rings. The van der Waals surface area contributed by atoms with Crippen molar-refractivity contribution in [3.8, 4) is 0 Å². The van der Waals surface area contributed by atoms with E-state index in [0.29, 0.717) is 12.0 Å². The van der Waals surface area contributed by atoms with Gasteiger partial charge in [0, 0.05) is 18.2 Å². The lowest BCUT2D eigenvalue weighted by Crippen LogP contribution is -2.35. The summed E-state index contributed by atoms with van der Waals surface area (Å²) >= 11 is 0. The molecule has 2 unspecified atom stereocenters. The Labute approximate surface area is 245 Å². The second-order valence-electron chi connectivity index (χ2n) is 11.9. The molecule has 40 heavy (non-hydrogen) atoms. The SMILES string of the molecule is CCCCCCCCCCCCCCCCCCCC(OP(=O)(O)N(C(C)C)C(C)C)c1ccccc1[N+](=O)[O-]. The van der Waals surface area contributed by atoms with E-state index in [1.165, 1.54) is 101 Å². The van der Waals surface area contributed by atoms with Gasteiger partial charge in [-0.25, -0.2) is 9.24 Å². The molecule has 0 aromatic heterocycles.